The summed E-state index contributed by atoms with van der Waals surface area (Å²) in [5.74, 6) is -1.56. The lowest BCUT2D eigenvalue weighted by Crippen LogP contribution is -2.37. The zero-order chi connectivity index (χ0) is 15.6. The highest BCUT2D eigenvalue weighted by Crippen LogP contribution is 2.35. The number of carboxylic acids is 1. The van der Waals surface area contributed by atoms with Crippen LogP contribution >= 0.6 is 34.5 Å². The van der Waals surface area contributed by atoms with Gasteiger partial charge in [-0.25, -0.2) is 13.1 Å². The summed E-state index contributed by atoms with van der Waals surface area (Å²) in [6, 6.07) is 1.30. The molecule has 1 heterocycles. The second kappa shape index (κ2) is 6.83. The maximum absolute atomic E-state index is 12.2. The number of carboxylic acid groups (broad SMARTS) is 1. The van der Waals surface area contributed by atoms with E-state index in [-0.39, 0.29) is 21.7 Å². The van der Waals surface area contributed by atoms with E-state index in [2.05, 4.69) is 4.72 Å². The molecule has 1 aliphatic carbocycles. The van der Waals surface area contributed by atoms with Gasteiger partial charge in [-0.15, -0.1) is 11.3 Å². The number of halogens is 2. The third-order valence-electron chi connectivity index (χ3n) is 3.68. The number of aliphatic carboxylic acids is 1. The Balaban J connectivity index is 2.07. The van der Waals surface area contributed by atoms with Crippen LogP contribution in [0.15, 0.2) is 11.0 Å². The van der Waals surface area contributed by atoms with Crippen LogP contribution in [0.1, 0.15) is 25.7 Å². The van der Waals surface area contributed by atoms with E-state index >= 15 is 0 Å². The van der Waals surface area contributed by atoms with Gasteiger partial charge >= 0.3 is 5.97 Å². The Bertz CT molecular complexity index is 629. The molecule has 2 atom stereocenters. The van der Waals surface area contributed by atoms with Gasteiger partial charge in [0.2, 0.25) is 10.0 Å². The van der Waals surface area contributed by atoms with Gasteiger partial charge in [-0.3, -0.25) is 4.79 Å². The van der Waals surface area contributed by atoms with Crippen molar-refractivity contribution in [3.8, 4) is 0 Å². The number of sulfonamides is 1. The molecule has 2 N–H and O–H groups in total. The smallest absolute Gasteiger partial charge is 0.306 e. The highest BCUT2D eigenvalue weighted by molar-refractivity contribution is 7.89. The maximum Gasteiger partial charge on any atom is 0.306 e. The molecule has 1 aromatic heterocycles. The van der Waals surface area contributed by atoms with Crippen LogP contribution in [-0.2, 0) is 14.8 Å². The molecule has 0 aromatic carbocycles. The first-order valence-electron chi connectivity index (χ1n) is 6.48. The van der Waals surface area contributed by atoms with Gasteiger partial charge in [-0.1, -0.05) is 36.0 Å². The lowest BCUT2D eigenvalue weighted by atomic mass is 9.79. The molecule has 0 amide bonds. The van der Waals surface area contributed by atoms with Crippen LogP contribution in [0.4, 0.5) is 0 Å². The van der Waals surface area contributed by atoms with Crippen molar-refractivity contribution in [3.63, 3.8) is 0 Å². The first-order valence-corrected chi connectivity index (χ1v) is 9.54. The second-order valence-electron chi connectivity index (χ2n) is 5.03. The molecule has 0 saturated heterocycles. The van der Waals surface area contributed by atoms with E-state index in [0.29, 0.717) is 17.2 Å². The van der Waals surface area contributed by atoms with Crippen molar-refractivity contribution in [2.24, 2.45) is 11.8 Å². The van der Waals surface area contributed by atoms with E-state index in [1.165, 1.54) is 6.07 Å². The Morgan fingerprint density at radius 3 is 2.62 bits per heavy atom. The molecular weight excluding hydrogens is 357 g/mol. The van der Waals surface area contributed by atoms with Crippen LogP contribution in [0.25, 0.3) is 0 Å². The fraction of sp³-hybridized carbons (Fsp3) is 0.583. The van der Waals surface area contributed by atoms with Crippen molar-refractivity contribution in [3.05, 3.63) is 14.7 Å². The van der Waals surface area contributed by atoms with Crippen LogP contribution in [0.2, 0.25) is 8.67 Å². The van der Waals surface area contributed by atoms with Crippen LogP contribution in [0, 0.1) is 11.8 Å². The SMILES string of the molecule is O=C(O)C1CCCCC1CNS(=O)(=O)c1cc(Cl)sc1Cl. The molecule has 118 valence electrons. The largest absolute Gasteiger partial charge is 0.481 e. The monoisotopic (exact) mass is 371 g/mol. The predicted molar refractivity (Wildman–Crippen MR) is 82.6 cm³/mol. The number of nitrogens with one attached hydrogen (secondary N) is 1. The van der Waals surface area contributed by atoms with E-state index in [9.17, 15) is 18.3 Å². The number of carbonyl (C=O) groups is 1. The third kappa shape index (κ3) is 4.10. The highest BCUT2D eigenvalue weighted by Gasteiger charge is 2.32. The van der Waals surface area contributed by atoms with E-state index in [4.69, 9.17) is 23.2 Å². The molecule has 0 spiro atoms. The Morgan fingerprint density at radius 2 is 2.05 bits per heavy atom. The quantitative estimate of drug-likeness (QED) is 0.831. The van der Waals surface area contributed by atoms with E-state index in [1.54, 1.807) is 0 Å². The van der Waals surface area contributed by atoms with Crippen LogP contribution in [0.3, 0.4) is 0 Å². The standard InChI is InChI=1S/C12H15Cl2NO4S2/c13-10-5-9(11(14)20-10)21(18,19)15-6-7-3-1-2-4-8(7)12(16)17/h5,7-8,15H,1-4,6H2,(H,16,17). The van der Waals surface area contributed by atoms with Crippen LogP contribution < -0.4 is 4.72 Å². The van der Waals surface area contributed by atoms with Crippen molar-refractivity contribution in [1.29, 1.82) is 0 Å². The van der Waals surface area contributed by atoms with Crippen molar-refractivity contribution < 1.29 is 18.3 Å². The Hall–Kier alpha value is -0.340. The minimum atomic E-state index is -3.77. The van der Waals surface area contributed by atoms with Crippen LogP contribution in [-0.4, -0.2) is 26.0 Å². The summed E-state index contributed by atoms with van der Waals surface area (Å²) >= 11 is 12.6. The molecule has 1 saturated carbocycles. The van der Waals surface area contributed by atoms with Gasteiger partial charge < -0.3 is 5.11 Å². The lowest BCUT2D eigenvalue weighted by molar-refractivity contribution is -0.144. The first-order chi connectivity index (χ1) is 9.81. The number of rotatable bonds is 5. The van der Waals surface area contributed by atoms with E-state index in [1.807, 2.05) is 0 Å². The summed E-state index contributed by atoms with van der Waals surface area (Å²) in [4.78, 5) is 11.1. The van der Waals surface area contributed by atoms with Gasteiger partial charge in [0.1, 0.15) is 9.23 Å². The Labute approximate surface area is 137 Å². The molecule has 1 aliphatic rings. The average molecular weight is 372 g/mol. The highest BCUT2D eigenvalue weighted by atomic mass is 35.5. The molecule has 1 fully saturated rings. The molecule has 21 heavy (non-hydrogen) atoms. The molecule has 9 heteroatoms. The number of hydrogen-bond acceptors (Lipinski definition) is 4. The minimum Gasteiger partial charge on any atom is -0.481 e. The molecule has 5 nitrogen and oxygen atoms in total. The van der Waals surface area contributed by atoms with Gasteiger partial charge in [0, 0.05) is 6.54 Å². The second-order valence-corrected chi connectivity index (χ2v) is 9.05. The fourth-order valence-electron chi connectivity index (χ4n) is 2.58. The van der Waals surface area contributed by atoms with Gasteiger partial charge in [0.25, 0.3) is 0 Å². The predicted octanol–water partition coefficient (Wildman–Crippen LogP) is 3.22. The molecule has 2 rings (SSSR count). The molecule has 0 radical (unpaired) electrons. The lowest BCUT2D eigenvalue weighted by Gasteiger charge is -2.28. The van der Waals surface area contributed by atoms with Crippen molar-refractivity contribution in [1.82, 2.24) is 4.72 Å². The summed E-state index contributed by atoms with van der Waals surface area (Å²) < 4.78 is 27.2. The van der Waals surface area contributed by atoms with E-state index in [0.717, 1.165) is 24.2 Å². The van der Waals surface area contributed by atoms with Gasteiger partial charge in [-0.05, 0) is 24.8 Å². The summed E-state index contributed by atoms with van der Waals surface area (Å²) in [6.45, 7) is 0.100. The molecular formula is C12H15Cl2NO4S2. The van der Waals surface area contributed by atoms with Crippen LogP contribution in [0.5, 0.6) is 0 Å². The van der Waals surface area contributed by atoms with E-state index < -0.39 is 21.9 Å². The Morgan fingerprint density at radius 1 is 1.38 bits per heavy atom. The first kappa shape index (κ1) is 17.0. The summed E-state index contributed by atoms with van der Waals surface area (Å²) in [7, 11) is -3.77. The maximum atomic E-state index is 12.2. The summed E-state index contributed by atoms with van der Waals surface area (Å²) in [6.07, 6.45) is 3.08. The molecule has 0 aliphatic heterocycles. The zero-order valence-electron chi connectivity index (χ0n) is 11.0. The normalized spacial score (nSPS) is 23.1. The fourth-order valence-corrected chi connectivity index (χ4v) is 5.82. The van der Waals surface area contributed by atoms with Gasteiger partial charge in [0.15, 0.2) is 0 Å². The zero-order valence-corrected chi connectivity index (χ0v) is 14.2. The molecule has 0 bridgehead atoms. The summed E-state index contributed by atoms with van der Waals surface area (Å²) in [5, 5.41) is 9.19. The van der Waals surface area contributed by atoms with Crippen molar-refractivity contribution >= 4 is 50.5 Å². The van der Waals surface area contributed by atoms with Gasteiger partial charge in [-0.2, -0.15) is 0 Å². The number of thiophene rings is 1. The average Bonchev–Trinajstić information content (AvgIpc) is 2.76. The molecule has 1 aromatic rings. The Kier molecular flexibility index (Phi) is 5.54. The minimum absolute atomic E-state index is 0.0538. The third-order valence-corrected chi connectivity index (χ3v) is 6.85. The topological polar surface area (TPSA) is 83.5 Å². The van der Waals surface area contributed by atoms with Gasteiger partial charge in [0.05, 0.1) is 10.3 Å². The van der Waals surface area contributed by atoms with Crippen molar-refractivity contribution in [2.45, 2.75) is 30.6 Å². The molecule has 2 unspecified atom stereocenters. The number of hydrogen-bond donors (Lipinski definition) is 2. The summed E-state index contributed by atoms with van der Waals surface area (Å²) in [5.41, 5.74) is 0. The van der Waals surface area contributed by atoms with Crippen molar-refractivity contribution in [2.75, 3.05) is 6.54 Å².